The first kappa shape index (κ1) is 23.2. The second kappa shape index (κ2) is 10.3. The molecule has 0 bridgehead atoms. The molecule has 3 N–H and O–H groups in total. The number of nitrogens with one attached hydrogen (secondary N) is 2. The van der Waals surface area contributed by atoms with Gasteiger partial charge in [0.1, 0.15) is 6.61 Å². The van der Waals surface area contributed by atoms with E-state index in [-0.39, 0.29) is 30.6 Å². The summed E-state index contributed by atoms with van der Waals surface area (Å²) in [5.74, 6) is -0.475. The third-order valence-corrected chi connectivity index (χ3v) is 7.26. The minimum absolute atomic E-state index is 0.00732. The second-order valence-corrected chi connectivity index (χ2v) is 9.66. The Hall–Kier alpha value is -3.00. The van der Waals surface area contributed by atoms with Crippen LogP contribution in [0.3, 0.4) is 0 Å². The molecule has 2 aromatic rings. The molecule has 0 unspecified atom stereocenters. The fraction of sp³-hybridized carbons (Fsp3) is 0.400. The number of aliphatic carboxylic acids is 1. The summed E-state index contributed by atoms with van der Waals surface area (Å²) in [7, 11) is 0. The third-order valence-electron chi connectivity index (χ3n) is 6.31. The van der Waals surface area contributed by atoms with Crippen LogP contribution in [-0.2, 0) is 14.3 Å². The lowest BCUT2D eigenvalue weighted by Gasteiger charge is -2.41. The molecule has 2 amide bonds. The van der Waals surface area contributed by atoms with E-state index in [1.165, 1.54) is 22.9 Å². The van der Waals surface area contributed by atoms with Gasteiger partial charge in [0.15, 0.2) is 0 Å². The van der Waals surface area contributed by atoms with Crippen LogP contribution in [0.5, 0.6) is 0 Å². The number of carboxylic acids is 1. The minimum Gasteiger partial charge on any atom is -0.481 e. The van der Waals surface area contributed by atoms with Crippen molar-refractivity contribution < 1.29 is 24.2 Å². The number of amides is 2. The van der Waals surface area contributed by atoms with Gasteiger partial charge in [-0.15, -0.1) is 11.8 Å². The van der Waals surface area contributed by atoms with Gasteiger partial charge in [0.25, 0.3) is 0 Å². The van der Waals surface area contributed by atoms with Crippen LogP contribution in [0.25, 0.3) is 11.1 Å². The van der Waals surface area contributed by atoms with Gasteiger partial charge in [0.05, 0.1) is 11.3 Å². The molecule has 174 valence electrons. The Labute approximate surface area is 197 Å². The summed E-state index contributed by atoms with van der Waals surface area (Å²) in [5, 5.41) is 14.4. The molecule has 7 nitrogen and oxygen atoms in total. The van der Waals surface area contributed by atoms with Crippen LogP contribution in [0.4, 0.5) is 4.79 Å². The van der Waals surface area contributed by atoms with Gasteiger partial charge in [-0.3, -0.25) is 9.59 Å². The smallest absolute Gasteiger partial charge is 0.407 e. The summed E-state index contributed by atoms with van der Waals surface area (Å²) in [4.78, 5) is 35.5. The van der Waals surface area contributed by atoms with E-state index in [4.69, 9.17) is 9.84 Å². The molecule has 0 aliphatic heterocycles. The molecule has 1 fully saturated rings. The number of hydrogen-bond donors (Lipinski definition) is 3. The van der Waals surface area contributed by atoms with E-state index in [0.717, 1.165) is 30.4 Å². The molecule has 1 saturated carbocycles. The Morgan fingerprint density at radius 2 is 1.67 bits per heavy atom. The van der Waals surface area contributed by atoms with E-state index in [2.05, 4.69) is 34.9 Å². The van der Waals surface area contributed by atoms with Crippen molar-refractivity contribution in [1.82, 2.24) is 10.6 Å². The summed E-state index contributed by atoms with van der Waals surface area (Å²) in [6.45, 7) is 0.640. The van der Waals surface area contributed by atoms with E-state index in [9.17, 15) is 14.4 Å². The molecule has 0 spiro atoms. The van der Waals surface area contributed by atoms with Crippen molar-refractivity contribution in [2.45, 2.75) is 37.1 Å². The zero-order valence-corrected chi connectivity index (χ0v) is 19.2. The maximum absolute atomic E-state index is 12.7. The van der Waals surface area contributed by atoms with Crippen molar-refractivity contribution >= 4 is 29.7 Å². The zero-order valence-electron chi connectivity index (χ0n) is 18.3. The number of alkyl carbamates (subject to hydrolysis) is 1. The Morgan fingerprint density at radius 1 is 1.03 bits per heavy atom. The first-order valence-corrected chi connectivity index (χ1v) is 12.3. The maximum Gasteiger partial charge on any atom is 0.407 e. The Bertz CT molecular complexity index is 991. The van der Waals surface area contributed by atoms with Crippen molar-refractivity contribution in [3.63, 3.8) is 0 Å². The molecular formula is C25H28N2O5S. The molecule has 4 rings (SSSR count). The first-order valence-electron chi connectivity index (χ1n) is 11.2. The van der Waals surface area contributed by atoms with Gasteiger partial charge in [-0.2, -0.15) is 0 Å². The molecule has 0 saturated heterocycles. The molecule has 0 heterocycles. The summed E-state index contributed by atoms with van der Waals surface area (Å²) >= 11 is 1.26. The van der Waals surface area contributed by atoms with E-state index in [1.807, 2.05) is 24.3 Å². The van der Waals surface area contributed by atoms with E-state index in [1.54, 1.807) is 0 Å². The summed E-state index contributed by atoms with van der Waals surface area (Å²) in [6.07, 6.45) is 2.12. The Balaban J connectivity index is 1.28. The van der Waals surface area contributed by atoms with Gasteiger partial charge in [0.2, 0.25) is 5.91 Å². The van der Waals surface area contributed by atoms with Crippen LogP contribution in [0.2, 0.25) is 0 Å². The van der Waals surface area contributed by atoms with Gasteiger partial charge in [-0.05, 0) is 41.5 Å². The molecule has 0 aromatic heterocycles. The van der Waals surface area contributed by atoms with E-state index in [0.29, 0.717) is 12.3 Å². The largest absolute Gasteiger partial charge is 0.481 e. The number of benzene rings is 2. The SMILES string of the molecule is O=C(O)CSCCNC(=O)CC1(NC(=O)OCC2c3ccccc3-c3ccccc32)CCC1. The third kappa shape index (κ3) is 5.50. The van der Waals surface area contributed by atoms with Crippen LogP contribution >= 0.6 is 11.8 Å². The average Bonchev–Trinajstić information content (AvgIpc) is 3.09. The first-order chi connectivity index (χ1) is 16.0. The van der Waals surface area contributed by atoms with Gasteiger partial charge in [-0.25, -0.2) is 4.79 Å². The highest BCUT2D eigenvalue weighted by molar-refractivity contribution is 7.99. The zero-order chi connectivity index (χ0) is 23.3. The lowest BCUT2D eigenvalue weighted by Crippen LogP contribution is -2.56. The van der Waals surface area contributed by atoms with Crippen LogP contribution in [-0.4, -0.2) is 53.3 Å². The van der Waals surface area contributed by atoms with Crippen molar-refractivity contribution in [3.05, 3.63) is 59.7 Å². The van der Waals surface area contributed by atoms with Crippen LogP contribution < -0.4 is 10.6 Å². The van der Waals surface area contributed by atoms with E-state index >= 15 is 0 Å². The predicted octanol–water partition coefficient (Wildman–Crippen LogP) is 3.77. The quantitative estimate of drug-likeness (QED) is 0.459. The lowest BCUT2D eigenvalue weighted by molar-refractivity contribution is -0.134. The number of rotatable bonds is 10. The van der Waals surface area contributed by atoms with Crippen LogP contribution in [0.15, 0.2) is 48.5 Å². The summed E-state index contributed by atoms with van der Waals surface area (Å²) < 4.78 is 5.65. The van der Waals surface area contributed by atoms with Crippen LogP contribution in [0, 0.1) is 0 Å². The van der Waals surface area contributed by atoms with Crippen molar-refractivity contribution in [2.75, 3.05) is 24.7 Å². The summed E-state index contributed by atoms with van der Waals surface area (Å²) in [5.41, 5.74) is 4.10. The fourth-order valence-corrected chi connectivity index (χ4v) is 5.16. The number of thioether (sulfide) groups is 1. The highest BCUT2D eigenvalue weighted by Gasteiger charge is 2.41. The number of carbonyl (C=O) groups excluding carboxylic acids is 2. The van der Waals surface area contributed by atoms with Gasteiger partial charge >= 0.3 is 12.1 Å². The highest BCUT2D eigenvalue weighted by atomic mass is 32.2. The van der Waals surface area contributed by atoms with Gasteiger partial charge in [0, 0.05) is 24.6 Å². The van der Waals surface area contributed by atoms with E-state index < -0.39 is 17.6 Å². The number of ether oxygens (including phenoxy) is 1. The standard InChI is InChI=1S/C25H28N2O5S/c28-22(26-12-13-33-16-23(29)30)14-25(10-5-11-25)27-24(31)32-15-21-19-8-3-1-6-17(19)18-7-2-4-9-20(18)21/h1-4,6-9,21H,5,10-16H2,(H,26,28)(H,27,31)(H,29,30). The topological polar surface area (TPSA) is 105 Å². The van der Waals surface area contributed by atoms with Crippen molar-refractivity contribution in [1.29, 1.82) is 0 Å². The molecule has 0 radical (unpaired) electrons. The number of carboxylic acid groups (broad SMARTS) is 1. The second-order valence-electron chi connectivity index (χ2n) is 8.56. The van der Waals surface area contributed by atoms with Crippen LogP contribution in [0.1, 0.15) is 42.7 Å². The molecule has 33 heavy (non-hydrogen) atoms. The number of hydrogen-bond acceptors (Lipinski definition) is 5. The molecule has 2 aliphatic rings. The van der Waals surface area contributed by atoms with Gasteiger partial charge < -0.3 is 20.5 Å². The molecule has 8 heteroatoms. The van der Waals surface area contributed by atoms with Gasteiger partial charge in [-0.1, -0.05) is 48.5 Å². The average molecular weight is 469 g/mol. The molecule has 0 atom stereocenters. The minimum atomic E-state index is -0.868. The molecular weight excluding hydrogens is 440 g/mol. The maximum atomic E-state index is 12.7. The monoisotopic (exact) mass is 468 g/mol. The highest BCUT2D eigenvalue weighted by Crippen LogP contribution is 2.44. The fourth-order valence-electron chi connectivity index (χ4n) is 4.59. The van der Waals surface area contributed by atoms with Crippen molar-refractivity contribution in [3.8, 4) is 11.1 Å². The summed E-state index contributed by atoms with van der Waals surface area (Å²) in [6, 6.07) is 16.4. The molecule has 2 aromatic carbocycles. The lowest BCUT2D eigenvalue weighted by atomic mass is 9.74. The number of fused-ring (bicyclic) bond motifs is 3. The number of carbonyl (C=O) groups is 3. The Kier molecular flexibility index (Phi) is 7.23. The molecule has 2 aliphatic carbocycles. The van der Waals surface area contributed by atoms with Crippen molar-refractivity contribution in [2.24, 2.45) is 0 Å². The normalized spacial score (nSPS) is 15.6. The predicted molar refractivity (Wildman–Crippen MR) is 127 cm³/mol. The Morgan fingerprint density at radius 3 is 2.24 bits per heavy atom.